The summed E-state index contributed by atoms with van der Waals surface area (Å²) in [5, 5.41) is 1.19. The van der Waals surface area contributed by atoms with Gasteiger partial charge in [-0.3, -0.25) is 4.79 Å². The number of hydrogen-bond acceptors (Lipinski definition) is 3. The molecule has 0 saturated heterocycles. The monoisotopic (exact) mass is 429 g/mol. The molecule has 0 bridgehead atoms. The normalized spacial score (nSPS) is 14.5. The van der Waals surface area contributed by atoms with Gasteiger partial charge in [0.15, 0.2) is 0 Å². The highest BCUT2D eigenvalue weighted by Crippen LogP contribution is 2.27. The topological polar surface area (TPSA) is 63.2 Å². The molecule has 0 aliphatic heterocycles. The van der Waals surface area contributed by atoms with Crippen LogP contribution in [0.4, 0.5) is 0 Å². The van der Waals surface area contributed by atoms with Gasteiger partial charge in [-0.15, -0.1) is 0 Å². The van der Waals surface area contributed by atoms with Crippen molar-refractivity contribution < 1.29 is 13.2 Å². The predicted octanol–water partition coefficient (Wildman–Crippen LogP) is 3.97. The van der Waals surface area contributed by atoms with Gasteiger partial charge in [0.05, 0.1) is 10.9 Å². The minimum atomic E-state index is -3.77. The van der Waals surface area contributed by atoms with E-state index in [1.807, 2.05) is 51.6 Å². The van der Waals surface area contributed by atoms with Gasteiger partial charge in [-0.1, -0.05) is 92.8 Å². The third-order valence-electron chi connectivity index (χ3n) is 4.99. The summed E-state index contributed by atoms with van der Waals surface area (Å²) in [5.41, 5.74) is 2.99. The lowest BCUT2D eigenvalue weighted by molar-refractivity contribution is -0.105. The zero-order valence-corrected chi connectivity index (χ0v) is 19.9. The maximum atomic E-state index is 13.0. The molecule has 1 unspecified atom stereocenters. The molecule has 0 aromatic heterocycles. The highest BCUT2D eigenvalue weighted by molar-refractivity contribution is 7.89. The Morgan fingerprint density at radius 3 is 2.03 bits per heavy atom. The molecule has 6 heteroatoms. The summed E-state index contributed by atoms with van der Waals surface area (Å²) in [6.07, 6.45) is 0.797. The summed E-state index contributed by atoms with van der Waals surface area (Å²) in [6, 6.07) is 16.1. The van der Waals surface area contributed by atoms with Crippen molar-refractivity contribution in [3.8, 4) is 0 Å². The van der Waals surface area contributed by atoms with E-state index in [2.05, 4.69) is 29.9 Å². The van der Waals surface area contributed by atoms with E-state index in [1.54, 1.807) is 24.3 Å². The van der Waals surface area contributed by atoms with Crippen LogP contribution in [0.25, 0.3) is 0 Å². The lowest BCUT2D eigenvalue weighted by Crippen LogP contribution is -2.47. The molecule has 29 heavy (non-hydrogen) atoms. The van der Waals surface area contributed by atoms with Crippen molar-refractivity contribution in [2.24, 2.45) is 5.41 Å². The molecular weight excluding hydrogens is 398 g/mol. The van der Waals surface area contributed by atoms with Crippen molar-refractivity contribution in [2.45, 2.75) is 51.7 Å². The number of aryl methyl sites for hydroxylation is 1. The summed E-state index contributed by atoms with van der Waals surface area (Å²) in [6.45, 7) is 12.0. The van der Waals surface area contributed by atoms with E-state index in [0.29, 0.717) is 5.57 Å². The Morgan fingerprint density at radius 2 is 1.55 bits per heavy atom. The van der Waals surface area contributed by atoms with E-state index < -0.39 is 29.6 Å². The van der Waals surface area contributed by atoms with Crippen LogP contribution in [0.1, 0.15) is 26.3 Å². The Kier molecular flexibility index (Phi) is 7.04. The van der Waals surface area contributed by atoms with E-state index in [1.165, 1.54) is 5.19 Å². The van der Waals surface area contributed by atoms with E-state index in [9.17, 15) is 13.2 Å². The molecule has 2 aromatic rings. The van der Waals surface area contributed by atoms with Gasteiger partial charge in [-0.05, 0) is 24.5 Å². The number of hydrogen-bond donors (Lipinski definition) is 1. The predicted molar refractivity (Wildman–Crippen MR) is 122 cm³/mol. The number of aldehydes is 1. The average molecular weight is 430 g/mol. The molecular formula is C23H31NO3SSi. The first-order valence-corrected chi connectivity index (χ1v) is 14.3. The number of nitrogens with one attached hydrogen (secondary N) is 1. The number of sulfonamides is 1. The Balaban J connectivity index is 2.47. The van der Waals surface area contributed by atoms with Crippen molar-refractivity contribution in [1.82, 2.24) is 4.72 Å². The number of rotatable bonds is 7. The Labute approximate surface area is 176 Å². The van der Waals surface area contributed by atoms with E-state index in [0.717, 1.165) is 11.8 Å². The number of benzene rings is 2. The van der Waals surface area contributed by atoms with E-state index in [4.69, 9.17) is 0 Å². The molecule has 0 saturated carbocycles. The molecule has 0 spiro atoms. The molecule has 1 atom stereocenters. The second kappa shape index (κ2) is 8.77. The van der Waals surface area contributed by atoms with Gasteiger partial charge in [-0.2, -0.15) is 0 Å². The van der Waals surface area contributed by atoms with Gasteiger partial charge in [0.1, 0.15) is 14.4 Å². The third-order valence-corrected chi connectivity index (χ3v) is 9.30. The SMILES string of the molecule is Cc1ccc(S(=O)(=O)NC(/C(C=O)=C/[Si](C)(C)c2ccccc2)C(C)(C)C)cc1. The maximum absolute atomic E-state index is 13.0. The minimum Gasteiger partial charge on any atom is -0.298 e. The lowest BCUT2D eigenvalue weighted by Gasteiger charge is -2.33. The molecule has 0 aliphatic carbocycles. The molecule has 0 fully saturated rings. The zero-order chi connectivity index (χ0) is 21.9. The van der Waals surface area contributed by atoms with Crippen LogP contribution in [0.5, 0.6) is 0 Å². The van der Waals surface area contributed by atoms with Crippen LogP contribution < -0.4 is 9.91 Å². The molecule has 0 heterocycles. The number of carbonyl (C=O) groups excluding carboxylic acids is 1. The Hall–Kier alpha value is -2.02. The smallest absolute Gasteiger partial charge is 0.241 e. The third kappa shape index (κ3) is 5.98. The van der Waals surface area contributed by atoms with Gasteiger partial charge in [0, 0.05) is 5.57 Å². The van der Waals surface area contributed by atoms with Crippen LogP contribution in [-0.4, -0.2) is 28.8 Å². The van der Waals surface area contributed by atoms with Gasteiger partial charge in [0.25, 0.3) is 0 Å². The van der Waals surface area contributed by atoms with E-state index in [-0.39, 0.29) is 4.90 Å². The molecule has 0 aliphatic rings. The largest absolute Gasteiger partial charge is 0.298 e. The summed E-state index contributed by atoms with van der Waals surface area (Å²) in [5.74, 6) is 0. The maximum Gasteiger partial charge on any atom is 0.241 e. The summed E-state index contributed by atoms with van der Waals surface area (Å²) >= 11 is 0. The van der Waals surface area contributed by atoms with Crippen molar-refractivity contribution >= 4 is 29.6 Å². The first kappa shape index (κ1) is 23.3. The van der Waals surface area contributed by atoms with Crippen LogP contribution in [0.2, 0.25) is 13.1 Å². The minimum absolute atomic E-state index is 0.196. The van der Waals surface area contributed by atoms with Crippen LogP contribution in [0.15, 0.2) is 70.8 Å². The fourth-order valence-corrected chi connectivity index (χ4v) is 6.96. The van der Waals surface area contributed by atoms with Gasteiger partial charge < -0.3 is 0 Å². The first-order chi connectivity index (χ1) is 13.4. The summed E-state index contributed by atoms with van der Waals surface area (Å²) in [7, 11) is -5.86. The highest BCUT2D eigenvalue weighted by Gasteiger charge is 2.34. The van der Waals surface area contributed by atoms with Crippen molar-refractivity contribution in [3.63, 3.8) is 0 Å². The quantitative estimate of drug-likeness (QED) is 0.411. The average Bonchev–Trinajstić information content (AvgIpc) is 2.65. The van der Waals surface area contributed by atoms with E-state index >= 15 is 0 Å². The molecule has 2 aromatic carbocycles. The van der Waals surface area contributed by atoms with Crippen LogP contribution >= 0.6 is 0 Å². The summed E-state index contributed by atoms with van der Waals surface area (Å²) in [4.78, 5) is 12.3. The summed E-state index contributed by atoms with van der Waals surface area (Å²) < 4.78 is 28.8. The second-order valence-electron chi connectivity index (χ2n) is 9.08. The van der Waals surface area contributed by atoms with Crippen molar-refractivity contribution in [3.05, 3.63) is 71.4 Å². The fourth-order valence-electron chi connectivity index (χ4n) is 3.24. The highest BCUT2D eigenvalue weighted by atomic mass is 32.2. The lowest BCUT2D eigenvalue weighted by atomic mass is 9.84. The van der Waals surface area contributed by atoms with Crippen molar-refractivity contribution in [2.75, 3.05) is 0 Å². The number of carbonyl (C=O) groups is 1. The van der Waals surface area contributed by atoms with Gasteiger partial charge in [-0.25, -0.2) is 13.1 Å². The molecule has 2 rings (SSSR count). The molecule has 4 nitrogen and oxygen atoms in total. The first-order valence-electron chi connectivity index (χ1n) is 9.69. The molecule has 0 amide bonds. The van der Waals surface area contributed by atoms with Crippen LogP contribution in [-0.2, 0) is 14.8 Å². The fraction of sp³-hybridized carbons (Fsp3) is 0.348. The van der Waals surface area contributed by atoms with Crippen LogP contribution in [0.3, 0.4) is 0 Å². The standard InChI is InChI=1S/C23H31NO3SSi/c1-18-12-14-20(15-13-18)28(26,27)24-22(23(2,3)4)19(16-25)17-29(5,6)21-10-8-7-9-11-21/h7-17,22,24H,1-6H3/b19-17+. The second-order valence-corrected chi connectivity index (χ2v) is 15.1. The molecule has 0 radical (unpaired) electrons. The zero-order valence-electron chi connectivity index (χ0n) is 18.1. The van der Waals surface area contributed by atoms with Crippen LogP contribution in [0, 0.1) is 12.3 Å². The molecule has 1 N–H and O–H groups in total. The molecule has 156 valence electrons. The van der Waals surface area contributed by atoms with Gasteiger partial charge in [0.2, 0.25) is 10.0 Å². The van der Waals surface area contributed by atoms with Crippen molar-refractivity contribution in [1.29, 1.82) is 0 Å². The Bertz CT molecular complexity index is 973. The van der Waals surface area contributed by atoms with Gasteiger partial charge >= 0.3 is 0 Å². The Morgan fingerprint density at radius 1 is 1.00 bits per heavy atom.